The number of halogens is 1. The second-order valence-corrected chi connectivity index (χ2v) is 7.08. The van der Waals surface area contributed by atoms with Crippen LogP contribution in [0.4, 0.5) is 4.39 Å². The molecule has 1 fully saturated rings. The molecule has 2 aliphatic heterocycles. The number of thioether (sulfide) groups is 1. The van der Waals surface area contributed by atoms with Crippen molar-refractivity contribution in [2.75, 3.05) is 13.1 Å². The molecule has 0 bridgehead atoms. The lowest BCUT2D eigenvalue weighted by molar-refractivity contribution is 0.341. The molecule has 1 saturated heterocycles. The summed E-state index contributed by atoms with van der Waals surface area (Å²) in [5, 5.41) is 2.32. The number of nitrogens with zero attached hydrogens (tertiary/aromatic N) is 2. The second kappa shape index (κ2) is 8.53. The van der Waals surface area contributed by atoms with E-state index in [4.69, 9.17) is 4.99 Å². The lowest BCUT2D eigenvalue weighted by Crippen LogP contribution is -2.37. The second-order valence-electron chi connectivity index (χ2n) is 5.83. The molecule has 2 unspecified atom stereocenters. The van der Waals surface area contributed by atoms with Crippen LogP contribution in [0.3, 0.4) is 0 Å². The average Bonchev–Trinajstić information content (AvgIpc) is 2.92. The summed E-state index contributed by atoms with van der Waals surface area (Å²) < 4.78 is 14.1. The molecule has 23 heavy (non-hydrogen) atoms. The Morgan fingerprint density at radius 3 is 2.87 bits per heavy atom. The molecule has 0 amide bonds. The highest BCUT2D eigenvalue weighted by Gasteiger charge is 2.36. The minimum Gasteiger partial charge on any atom is -0.330 e. The van der Waals surface area contributed by atoms with E-state index in [1.165, 1.54) is 11.1 Å². The van der Waals surface area contributed by atoms with Crippen LogP contribution >= 0.6 is 11.8 Å². The summed E-state index contributed by atoms with van der Waals surface area (Å²) >= 11 is 1.74. The zero-order valence-corrected chi connectivity index (χ0v) is 15.4. The zero-order valence-electron chi connectivity index (χ0n) is 14.6. The van der Waals surface area contributed by atoms with Crippen LogP contribution in [-0.4, -0.2) is 35.2 Å². The van der Waals surface area contributed by atoms with Crippen LogP contribution in [0, 0.1) is 0 Å². The van der Waals surface area contributed by atoms with Crippen molar-refractivity contribution in [1.29, 1.82) is 0 Å². The maximum Gasteiger partial charge on any atom is 0.123 e. The summed E-state index contributed by atoms with van der Waals surface area (Å²) in [6.07, 6.45) is 9.09. The van der Waals surface area contributed by atoms with Gasteiger partial charge >= 0.3 is 0 Å². The third-order valence-electron chi connectivity index (χ3n) is 4.05. The van der Waals surface area contributed by atoms with Crippen molar-refractivity contribution in [1.82, 2.24) is 4.90 Å². The molecule has 0 aromatic carbocycles. The molecule has 4 heteroatoms. The Morgan fingerprint density at radius 1 is 1.43 bits per heavy atom. The van der Waals surface area contributed by atoms with Crippen LogP contribution in [0.25, 0.3) is 0 Å². The molecule has 0 aromatic heterocycles. The number of amidine groups is 1. The fourth-order valence-corrected chi connectivity index (χ4v) is 3.82. The molecule has 2 atom stereocenters. The Morgan fingerprint density at radius 2 is 2.22 bits per heavy atom. The van der Waals surface area contributed by atoms with E-state index < -0.39 is 6.17 Å². The van der Waals surface area contributed by atoms with Gasteiger partial charge in [-0.3, -0.25) is 4.99 Å². The van der Waals surface area contributed by atoms with Gasteiger partial charge in [-0.1, -0.05) is 31.2 Å². The number of hydrogen-bond acceptors (Lipinski definition) is 3. The molecule has 0 aliphatic carbocycles. The van der Waals surface area contributed by atoms with E-state index in [-0.39, 0.29) is 5.25 Å². The van der Waals surface area contributed by atoms with E-state index in [2.05, 4.69) is 36.3 Å². The van der Waals surface area contributed by atoms with Gasteiger partial charge in [0.1, 0.15) is 12.0 Å². The first-order chi connectivity index (χ1) is 11.1. The van der Waals surface area contributed by atoms with Gasteiger partial charge in [0.2, 0.25) is 0 Å². The van der Waals surface area contributed by atoms with Gasteiger partial charge in [-0.15, -0.1) is 11.8 Å². The summed E-state index contributed by atoms with van der Waals surface area (Å²) in [6.45, 7) is 9.40. The first-order valence-electron chi connectivity index (χ1n) is 8.40. The Bertz CT molecular complexity index is 572. The number of rotatable bonds is 6. The monoisotopic (exact) mass is 334 g/mol. The molecule has 2 nitrogen and oxygen atoms in total. The fourth-order valence-electron chi connectivity index (χ4n) is 3.10. The number of fused-ring (bicyclic) bond motifs is 1. The first-order valence-corrected chi connectivity index (χ1v) is 9.34. The van der Waals surface area contributed by atoms with Crippen LogP contribution in [0.2, 0.25) is 0 Å². The molecular weight excluding hydrogens is 307 g/mol. The highest BCUT2D eigenvalue weighted by atomic mass is 32.2. The number of allylic oxidation sites excluding steroid dienone is 5. The third kappa shape index (κ3) is 4.17. The SMILES string of the molecule is C/C=C\SC(C)C1=NCC(C(/C=C\C)=C/CC)=C2CC(F)CN12. The molecule has 0 spiro atoms. The normalized spacial score (nSPS) is 23.9. The van der Waals surface area contributed by atoms with Gasteiger partial charge in [-0.05, 0) is 38.2 Å². The number of hydrogen-bond donors (Lipinski definition) is 0. The largest absolute Gasteiger partial charge is 0.330 e. The summed E-state index contributed by atoms with van der Waals surface area (Å²) in [6, 6.07) is 0. The van der Waals surface area contributed by atoms with Crippen LogP contribution in [0.5, 0.6) is 0 Å². The van der Waals surface area contributed by atoms with Gasteiger partial charge in [0.25, 0.3) is 0 Å². The lowest BCUT2D eigenvalue weighted by atomic mass is 9.99. The fraction of sp³-hybridized carbons (Fsp3) is 0.526. The van der Waals surface area contributed by atoms with Gasteiger partial charge in [0.05, 0.1) is 18.3 Å². The van der Waals surface area contributed by atoms with E-state index in [1.807, 2.05) is 26.0 Å². The number of aliphatic imine (C=N–C) groups is 1. The topological polar surface area (TPSA) is 15.6 Å². The Hall–Kier alpha value is -1.29. The molecule has 0 N–H and O–H groups in total. The van der Waals surface area contributed by atoms with Crippen molar-refractivity contribution in [2.45, 2.75) is 52.0 Å². The maximum atomic E-state index is 14.1. The summed E-state index contributed by atoms with van der Waals surface area (Å²) in [7, 11) is 0. The van der Waals surface area contributed by atoms with E-state index in [1.54, 1.807) is 11.8 Å². The van der Waals surface area contributed by atoms with E-state index >= 15 is 0 Å². The van der Waals surface area contributed by atoms with Crippen molar-refractivity contribution >= 4 is 17.6 Å². The standard InChI is InChI=1S/C19H27FN2S/c1-5-8-15(9-6-2)17-12-21-19(14(4)23-10-7-3)22-13-16(20)11-18(17)22/h5,7-10,14,16H,6,11-13H2,1-4H3/b8-5-,10-7-,15-9+. The van der Waals surface area contributed by atoms with Crippen LogP contribution in [0.1, 0.15) is 40.5 Å². The van der Waals surface area contributed by atoms with E-state index in [9.17, 15) is 4.39 Å². The highest BCUT2D eigenvalue weighted by molar-refractivity contribution is 8.03. The zero-order chi connectivity index (χ0) is 16.8. The average molecular weight is 335 g/mol. The van der Waals surface area contributed by atoms with Crippen LogP contribution in [0.15, 0.2) is 51.5 Å². The summed E-state index contributed by atoms with van der Waals surface area (Å²) in [5.74, 6) is 1.02. The maximum absolute atomic E-state index is 14.1. The molecule has 126 valence electrons. The molecule has 0 radical (unpaired) electrons. The molecule has 0 aromatic rings. The molecular formula is C19H27FN2S. The molecule has 0 saturated carbocycles. The van der Waals surface area contributed by atoms with E-state index in [0.29, 0.717) is 19.5 Å². The Kier molecular flexibility index (Phi) is 6.70. The van der Waals surface area contributed by atoms with Gasteiger partial charge in [-0.2, -0.15) is 0 Å². The van der Waals surface area contributed by atoms with Gasteiger partial charge in [-0.25, -0.2) is 4.39 Å². The Balaban J connectivity index is 2.34. The van der Waals surface area contributed by atoms with E-state index in [0.717, 1.165) is 18.0 Å². The van der Waals surface area contributed by atoms with Gasteiger partial charge in [0, 0.05) is 17.7 Å². The van der Waals surface area contributed by atoms with Crippen LogP contribution < -0.4 is 0 Å². The predicted octanol–water partition coefficient (Wildman–Crippen LogP) is 5.26. The first kappa shape index (κ1) is 18.1. The van der Waals surface area contributed by atoms with Crippen molar-refractivity contribution in [2.24, 2.45) is 4.99 Å². The highest BCUT2D eigenvalue weighted by Crippen LogP contribution is 2.35. The Labute approximate surface area is 143 Å². The van der Waals surface area contributed by atoms with Crippen molar-refractivity contribution in [3.63, 3.8) is 0 Å². The summed E-state index contributed by atoms with van der Waals surface area (Å²) in [4.78, 5) is 6.94. The van der Waals surface area contributed by atoms with Gasteiger partial charge in [0.15, 0.2) is 0 Å². The molecule has 2 aliphatic rings. The third-order valence-corrected chi connectivity index (χ3v) is 5.09. The van der Waals surface area contributed by atoms with Crippen molar-refractivity contribution in [3.05, 3.63) is 46.6 Å². The van der Waals surface area contributed by atoms with Crippen molar-refractivity contribution in [3.8, 4) is 0 Å². The minimum atomic E-state index is -0.796. The molecule has 2 rings (SSSR count). The van der Waals surface area contributed by atoms with Gasteiger partial charge < -0.3 is 4.90 Å². The van der Waals surface area contributed by atoms with Crippen molar-refractivity contribution < 1.29 is 4.39 Å². The van der Waals surface area contributed by atoms with Crippen LogP contribution in [-0.2, 0) is 0 Å². The smallest absolute Gasteiger partial charge is 0.123 e. The summed E-state index contributed by atoms with van der Waals surface area (Å²) in [5.41, 5.74) is 3.52. The minimum absolute atomic E-state index is 0.244. The molecule has 2 heterocycles. The predicted molar refractivity (Wildman–Crippen MR) is 101 cm³/mol. The lowest BCUT2D eigenvalue weighted by Gasteiger charge is -2.31. The quantitative estimate of drug-likeness (QED) is 0.615. The number of alkyl halides is 1.